The van der Waals surface area contributed by atoms with Gasteiger partial charge in [0.1, 0.15) is 0 Å². The van der Waals surface area contributed by atoms with Crippen LogP contribution in [0.2, 0.25) is 0 Å². The van der Waals surface area contributed by atoms with Crippen LogP contribution in [0.15, 0.2) is 0 Å². The third-order valence-corrected chi connectivity index (χ3v) is 4.36. The van der Waals surface area contributed by atoms with Gasteiger partial charge < -0.3 is 0 Å². The smallest absolute Gasteiger partial charge is 0.0692 e. The Morgan fingerprint density at radius 2 is 1.43 bits per heavy atom. The second kappa shape index (κ2) is 4.34. The highest BCUT2D eigenvalue weighted by Gasteiger charge is 2.40. The van der Waals surface area contributed by atoms with Crippen LogP contribution < -0.4 is 0 Å². The van der Waals surface area contributed by atoms with Crippen LogP contribution >= 0.6 is 0 Å². The lowest BCUT2D eigenvalue weighted by atomic mass is 9.62. The maximum absolute atomic E-state index is 9.44. The molecule has 0 aromatic rings. The van der Waals surface area contributed by atoms with Gasteiger partial charge in [-0.2, -0.15) is 5.26 Å². The molecule has 0 saturated heterocycles. The molecule has 0 unspecified atom stereocenters. The van der Waals surface area contributed by atoms with Crippen molar-refractivity contribution in [1.82, 2.24) is 0 Å². The normalized spacial score (nSPS) is 28.2. The van der Waals surface area contributed by atoms with Gasteiger partial charge in [0.15, 0.2) is 0 Å². The standard InChI is InChI=1S/C13H21N/c14-11-13(9-5-2-6-10-13)12-7-3-1-4-8-12/h12H,1-10H2. The molecule has 0 radical (unpaired) electrons. The number of hydrogen-bond acceptors (Lipinski definition) is 1. The molecule has 0 heterocycles. The lowest BCUT2D eigenvalue weighted by molar-refractivity contribution is 0.126. The zero-order valence-corrected chi connectivity index (χ0v) is 9.10. The van der Waals surface area contributed by atoms with Crippen molar-refractivity contribution in [2.45, 2.75) is 64.2 Å². The fraction of sp³-hybridized carbons (Fsp3) is 0.923. The van der Waals surface area contributed by atoms with E-state index in [1.165, 1.54) is 64.2 Å². The Morgan fingerprint density at radius 3 is 2.00 bits per heavy atom. The Labute approximate surface area is 87.5 Å². The molecule has 0 aromatic heterocycles. The molecule has 0 aliphatic heterocycles. The molecule has 1 nitrogen and oxygen atoms in total. The predicted molar refractivity (Wildman–Crippen MR) is 57.7 cm³/mol. The van der Waals surface area contributed by atoms with Crippen molar-refractivity contribution in [3.05, 3.63) is 0 Å². The lowest BCUT2D eigenvalue weighted by Gasteiger charge is -2.40. The van der Waals surface area contributed by atoms with E-state index in [0.29, 0.717) is 0 Å². The van der Waals surface area contributed by atoms with Crippen molar-refractivity contribution in [1.29, 1.82) is 5.26 Å². The van der Waals surface area contributed by atoms with Gasteiger partial charge >= 0.3 is 0 Å². The molecule has 0 bridgehead atoms. The van der Waals surface area contributed by atoms with Gasteiger partial charge in [0, 0.05) is 0 Å². The summed E-state index contributed by atoms with van der Waals surface area (Å²) in [6.45, 7) is 0. The molecule has 0 N–H and O–H groups in total. The van der Waals surface area contributed by atoms with E-state index >= 15 is 0 Å². The van der Waals surface area contributed by atoms with Crippen molar-refractivity contribution in [2.75, 3.05) is 0 Å². The minimum atomic E-state index is 0.0959. The second-order valence-electron chi connectivity index (χ2n) is 5.16. The van der Waals surface area contributed by atoms with E-state index < -0.39 is 0 Å². The van der Waals surface area contributed by atoms with Gasteiger partial charge in [-0.25, -0.2) is 0 Å². The topological polar surface area (TPSA) is 23.8 Å². The molecular weight excluding hydrogens is 170 g/mol. The molecule has 0 atom stereocenters. The van der Waals surface area contributed by atoms with E-state index in [-0.39, 0.29) is 5.41 Å². The number of hydrogen-bond donors (Lipinski definition) is 0. The van der Waals surface area contributed by atoms with Gasteiger partial charge in [0.05, 0.1) is 11.5 Å². The monoisotopic (exact) mass is 191 g/mol. The van der Waals surface area contributed by atoms with E-state index in [1.54, 1.807) is 0 Å². The molecule has 2 aliphatic carbocycles. The van der Waals surface area contributed by atoms with Crippen molar-refractivity contribution < 1.29 is 0 Å². The minimum Gasteiger partial charge on any atom is -0.198 e. The average Bonchev–Trinajstić information content (AvgIpc) is 2.31. The lowest BCUT2D eigenvalue weighted by Crippen LogP contribution is -2.32. The first-order chi connectivity index (χ1) is 6.87. The van der Waals surface area contributed by atoms with Gasteiger partial charge in [-0.1, -0.05) is 38.5 Å². The van der Waals surface area contributed by atoms with Crippen LogP contribution in [-0.4, -0.2) is 0 Å². The molecule has 0 spiro atoms. The average molecular weight is 191 g/mol. The quantitative estimate of drug-likeness (QED) is 0.613. The molecule has 2 saturated carbocycles. The van der Waals surface area contributed by atoms with Crippen LogP contribution in [-0.2, 0) is 0 Å². The Balaban J connectivity index is 2.06. The molecule has 0 amide bonds. The highest BCUT2D eigenvalue weighted by molar-refractivity contribution is 5.04. The number of nitriles is 1. The highest BCUT2D eigenvalue weighted by atomic mass is 14.5. The summed E-state index contributed by atoms with van der Waals surface area (Å²) in [5.74, 6) is 0.738. The fourth-order valence-corrected chi connectivity index (χ4v) is 3.45. The van der Waals surface area contributed by atoms with E-state index in [0.717, 1.165) is 5.92 Å². The van der Waals surface area contributed by atoms with E-state index in [9.17, 15) is 5.26 Å². The van der Waals surface area contributed by atoms with Crippen LogP contribution in [0.25, 0.3) is 0 Å². The first kappa shape index (κ1) is 10.0. The molecule has 0 aromatic carbocycles. The molecular formula is C13H21N. The van der Waals surface area contributed by atoms with E-state index in [4.69, 9.17) is 0 Å². The Kier molecular flexibility index (Phi) is 3.11. The van der Waals surface area contributed by atoms with Crippen LogP contribution in [0, 0.1) is 22.7 Å². The molecule has 2 rings (SSSR count). The number of nitrogens with zero attached hydrogens (tertiary/aromatic N) is 1. The van der Waals surface area contributed by atoms with E-state index in [2.05, 4.69) is 6.07 Å². The summed E-state index contributed by atoms with van der Waals surface area (Å²) in [4.78, 5) is 0. The SMILES string of the molecule is N#CC1(C2CCCCC2)CCCCC1. The van der Waals surface area contributed by atoms with Gasteiger partial charge in [-0.05, 0) is 31.6 Å². The fourth-order valence-electron chi connectivity index (χ4n) is 3.45. The Morgan fingerprint density at radius 1 is 0.857 bits per heavy atom. The predicted octanol–water partition coefficient (Wildman–Crippen LogP) is 4.04. The van der Waals surface area contributed by atoms with Crippen LogP contribution in [0.4, 0.5) is 0 Å². The summed E-state index contributed by atoms with van der Waals surface area (Å²) in [5, 5.41) is 9.44. The maximum Gasteiger partial charge on any atom is 0.0692 e. The van der Waals surface area contributed by atoms with Crippen molar-refractivity contribution in [3.63, 3.8) is 0 Å². The first-order valence-electron chi connectivity index (χ1n) is 6.29. The van der Waals surface area contributed by atoms with Crippen LogP contribution in [0.1, 0.15) is 64.2 Å². The van der Waals surface area contributed by atoms with Gasteiger partial charge in [0.25, 0.3) is 0 Å². The third-order valence-electron chi connectivity index (χ3n) is 4.36. The van der Waals surface area contributed by atoms with Crippen molar-refractivity contribution >= 4 is 0 Å². The summed E-state index contributed by atoms with van der Waals surface area (Å²) in [5.41, 5.74) is 0.0959. The summed E-state index contributed by atoms with van der Waals surface area (Å²) in [6.07, 6.45) is 13.1. The maximum atomic E-state index is 9.44. The summed E-state index contributed by atoms with van der Waals surface area (Å²) in [6, 6.07) is 2.69. The zero-order valence-electron chi connectivity index (χ0n) is 9.10. The van der Waals surface area contributed by atoms with Crippen LogP contribution in [0.5, 0.6) is 0 Å². The second-order valence-corrected chi connectivity index (χ2v) is 5.16. The van der Waals surface area contributed by atoms with Gasteiger partial charge in [-0.3, -0.25) is 0 Å². The molecule has 2 fully saturated rings. The van der Waals surface area contributed by atoms with Gasteiger partial charge in [0.2, 0.25) is 0 Å². The van der Waals surface area contributed by atoms with Crippen molar-refractivity contribution in [3.8, 4) is 6.07 Å². The Bertz CT molecular complexity index is 214. The number of rotatable bonds is 1. The first-order valence-corrected chi connectivity index (χ1v) is 6.29. The zero-order chi connectivity index (χ0) is 9.86. The van der Waals surface area contributed by atoms with Crippen molar-refractivity contribution in [2.24, 2.45) is 11.3 Å². The molecule has 2 aliphatic rings. The summed E-state index contributed by atoms with van der Waals surface area (Å²) < 4.78 is 0. The van der Waals surface area contributed by atoms with Crippen LogP contribution in [0.3, 0.4) is 0 Å². The highest BCUT2D eigenvalue weighted by Crippen LogP contribution is 2.47. The Hall–Kier alpha value is -0.510. The molecule has 1 heteroatoms. The molecule has 14 heavy (non-hydrogen) atoms. The summed E-state index contributed by atoms with van der Waals surface area (Å²) in [7, 11) is 0. The minimum absolute atomic E-state index is 0.0959. The molecule has 78 valence electrons. The largest absolute Gasteiger partial charge is 0.198 e. The van der Waals surface area contributed by atoms with E-state index in [1.807, 2.05) is 0 Å². The third kappa shape index (κ3) is 1.80. The summed E-state index contributed by atoms with van der Waals surface area (Å²) >= 11 is 0. The van der Waals surface area contributed by atoms with Gasteiger partial charge in [-0.15, -0.1) is 0 Å².